The fourth-order valence-electron chi connectivity index (χ4n) is 4.97. The number of nitrogens with one attached hydrogen (secondary N) is 1. The Labute approximate surface area is 246 Å². The average molecular weight is 576 g/mol. The maximum atomic E-state index is 14.8. The van der Waals surface area contributed by atoms with Gasteiger partial charge in [0.1, 0.15) is 30.0 Å². The van der Waals surface area contributed by atoms with E-state index in [4.69, 9.17) is 5.10 Å². The molecule has 2 N–H and O–H groups in total. The summed E-state index contributed by atoms with van der Waals surface area (Å²) in [7, 11) is 0. The quantitative estimate of drug-likeness (QED) is 0.198. The lowest BCUT2D eigenvalue weighted by molar-refractivity contribution is 0.0720. The van der Waals surface area contributed by atoms with Crippen LogP contribution in [0, 0.1) is 30.4 Å². The second-order valence-electron chi connectivity index (χ2n) is 10.2. The summed E-state index contributed by atoms with van der Waals surface area (Å²) < 4.78 is 31.7. The van der Waals surface area contributed by atoms with Crippen molar-refractivity contribution in [2.45, 2.75) is 25.6 Å². The van der Waals surface area contributed by atoms with Crippen LogP contribution in [0.25, 0.3) is 27.9 Å². The molecule has 1 atom stereocenters. The molecule has 1 unspecified atom stereocenters. The second kappa shape index (κ2) is 11.9. The van der Waals surface area contributed by atoms with Crippen LogP contribution in [-0.4, -0.2) is 41.0 Å². The minimum Gasteiger partial charge on any atom is -0.371 e. The Bertz CT molecular complexity index is 1930. The maximum absolute atomic E-state index is 14.8. The molecule has 0 amide bonds. The van der Waals surface area contributed by atoms with Gasteiger partial charge in [0.05, 0.1) is 18.6 Å². The lowest BCUT2D eigenvalue weighted by atomic mass is 9.93. The molecule has 6 rings (SSSR count). The van der Waals surface area contributed by atoms with Crippen molar-refractivity contribution in [3.63, 3.8) is 0 Å². The van der Waals surface area contributed by atoms with Crippen LogP contribution < -0.4 is 5.32 Å². The van der Waals surface area contributed by atoms with Crippen LogP contribution in [0.2, 0.25) is 0 Å². The molecule has 4 heterocycles. The number of aliphatic hydroxyl groups is 1. The molecular formula is C33H27F2N7O. The van der Waals surface area contributed by atoms with Crippen LogP contribution in [0.5, 0.6) is 0 Å². The SMILES string of the molecule is Cc1ccc(C(O)(C#CCNCc2ccc3c(-c4ccncc4)c(-c4ccc(F)cc4)nn3c2)Cn2cncn2)c(F)c1. The van der Waals surface area contributed by atoms with E-state index in [1.807, 2.05) is 35.0 Å². The van der Waals surface area contributed by atoms with Crippen LogP contribution in [0.4, 0.5) is 8.78 Å². The molecule has 2 aromatic carbocycles. The van der Waals surface area contributed by atoms with Crippen molar-refractivity contribution in [3.8, 4) is 34.2 Å². The van der Waals surface area contributed by atoms with Crippen molar-refractivity contribution < 1.29 is 13.9 Å². The molecule has 0 radical (unpaired) electrons. The Morgan fingerprint density at radius 1 is 0.953 bits per heavy atom. The molecule has 43 heavy (non-hydrogen) atoms. The second-order valence-corrected chi connectivity index (χ2v) is 10.2. The standard InChI is InChI=1S/C33H27F2N7O/c1-23-3-9-28(29(35)17-23)33(43,20-41-22-38-21-39-41)13-2-14-37-18-24-4-10-30-31(25-11-15-36-16-12-25)32(40-42(30)19-24)26-5-7-27(34)8-6-26/h3-12,15-17,19,21-22,37,43H,14,18,20H2,1H3. The van der Waals surface area contributed by atoms with Crippen molar-refractivity contribution in [2.24, 2.45) is 0 Å². The monoisotopic (exact) mass is 575 g/mol. The van der Waals surface area contributed by atoms with Gasteiger partial charge in [-0.3, -0.25) is 4.98 Å². The summed E-state index contributed by atoms with van der Waals surface area (Å²) in [6.45, 7) is 2.42. The lowest BCUT2D eigenvalue weighted by Crippen LogP contribution is -2.31. The van der Waals surface area contributed by atoms with Crippen molar-refractivity contribution >= 4 is 5.52 Å². The lowest BCUT2D eigenvalue weighted by Gasteiger charge is -2.23. The van der Waals surface area contributed by atoms with Crippen LogP contribution >= 0.6 is 0 Å². The predicted octanol–water partition coefficient (Wildman–Crippen LogP) is 4.92. The van der Waals surface area contributed by atoms with Gasteiger partial charge >= 0.3 is 0 Å². The van der Waals surface area contributed by atoms with E-state index >= 15 is 0 Å². The highest BCUT2D eigenvalue weighted by atomic mass is 19.1. The first-order chi connectivity index (χ1) is 20.9. The highest BCUT2D eigenvalue weighted by Gasteiger charge is 2.31. The summed E-state index contributed by atoms with van der Waals surface area (Å²) in [6, 6.07) is 18.8. The fraction of sp³-hybridized carbons (Fsp3) is 0.152. The van der Waals surface area contributed by atoms with Crippen LogP contribution in [0.15, 0.2) is 98.0 Å². The van der Waals surface area contributed by atoms with Gasteiger partial charge in [-0.25, -0.2) is 23.0 Å². The zero-order valence-corrected chi connectivity index (χ0v) is 23.2. The third-order valence-electron chi connectivity index (χ3n) is 7.04. The summed E-state index contributed by atoms with van der Waals surface area (Å²) >= 11 is 0. The normalized spacial score (nSPS) is 12.6. The molecule has 0 saturated carbocycles. The average Bonchev–Trinajstić information content (AvgIpc) is 3.65. The highest BCUT2D eigenvalue weighted by Crippen LogP contribution is 2.35. The Morgan fingerprint density at radius 3 is 2.51 bits per heavy atom. The number of hydrogen-bond acceptors (Lipinski definition) is 6. The molecule has 4 aromatic heterocycles. The number of hydrogen-bond donors (Lipinski definition) is 2. The number of fused-ring (bicyclic) bond motifs is 1. The fourth-order valence-corrected chi connectivity index (χ4v) is 4.97. The van der Waals surface area contributed by atoms with Gasteiger partial charge < -0.3 is 10.4 Å². The molecule has 10 heteroatoms. The van der Waals surface area contributed by atoms with Crippen LogP contribution in [0.1, 0.15) is 16.7 Å². The molecule has 0 saturated heterocycles. The Kier molecular flexibility index (Phi) is 7.75. The highest BCUT2D eigenvalue weighted by molar-refractivity contribution is 5.92. The van der Waals surface area contributed by atoms with Crippen LogP contribution in [-0.2, 0) is 18.7 Å². The summed E-state index contributed by atoms with van der Waals surface area (Å²) in [5, 5.41) is 23.6. The van der Waals surface area contributed by atoms with Crippen molar-refractivity contribution in [1.82, 2.24) is 34.7 Å². The first-order valence-corrected chi connectivity index (χ1v) is 13.6. The molecule has 0 spiro atoms. The predicted molar refractivity (Wildman–Crippen MR) is 158 cm³/mol. The van der Waals surface area contributed by atoms with E-state index in [0.717, 1.165) is 39.0 Å². The summed E-state index contributed by atoms with van der Waals surface area (Å²) in [4.78, 5) is 8.04. The number of aryl methyl sites for hydroxylation is 1. The number of pyridine rings is 2. The first-order valence-electron chi connectivity index (χ1n) is 13.6. The van der Waals surface area contributed by atoms with E-state index in [9.17, 15) is 13.9 Å². The van der Waals surface area contributed by atoms with Crippen molar-refractivity contribution in [3.05, 3.63) is 126 Å². The molecule has 6 aromatic rings. The van der Waals surface area contributed by atoms with E-state index < -0.39 is 11.4 Å². The van der Waals surface area contributed by atoms with E-state index in [0.29, 0.717) is 6.54 Å². The third-order valence-corrected chi connectivity index (χ3v) is 7.04. The topological polar surface area (TPSA) is 93.2 Å². The molecule has 0 bridgehead atoms. The smallest absolute Gasteiger partial charge is 0.173 e. The Hall–Kier alpha value is -5.24. The van der Waals surface area contributed by atoms with Gasteiger partial charge in [0.15, 0.2) is 5.60 Å². The molecule has 0 fully saturated rings. The van der Waals surface area contributed by atoms with Crippen LogP contribution in [0.3, 0.4) is 0 Å². The number of rotatable bonds is 8. The molecule has 8 nitrogen and oxygen atoms in total. The minimum absolute atomic E-state index is 0.0761. The van der Waals surface area contributed by atoms with Gasteiger partial charge in [0.25, 0.3) is 0 Å². The van der Waals surface area contributed by atoms with E-state index in [2.05, 4.69) is 32.2 Å². The number of benzene rings is 2. The Balaban J connectivity index is 1.23. The van der Waals surface area contributed by atoms with Crippen molar-refractivity contribution in [1.29, 1.82) is 0 Å². The summed E-state index contributed by atoms with van der Waals surface area (Å²) in [5.74, 6) is 4.94. The zero-order valence-electron chi connectivity index (χ0n) is 23.2. The van der Waals surface area contributed by atoms with Crippen molar-refractivity contribution in [2.75, 3.05) is 6.54 Å². The number of halogens is 2. The minimum atomic E-state index is -1.80. The molecular weight excluding hydrogens is 548 g/mol. The van der Waals surface area contributed by atoms with Gasteiger partial charge in [-0.2, -0.15) is 10.2 Å². The first kappa shape index (κ1) is 27.9. The molecule has 0 aliphatic rings. The number of nitrogens with zero attached hydrogens (tertiary/aromatic N) is 6. The van der Waals surface area contributed by atoms with E-state index in [1.54, 1.807) is 43.6 Å². The molecule has 0 aliphatic heterocycles. The van der Waals surface area contributed by atoms with E-state index in [1.165, 1.54) is 35.5 Å². The molecule has 214 valence electrons. The Morgan fingerprint density at radius 2 is 1.77 bits per heavy atom. The molecule has 0 aliphatic carbocycles. The van der Waals surface area contributed by atoms with Gasteiger partial charge in [-0.15, -0.1) is 0 Å². The van der Waals surface area contributed by atoms with Gasteiger partial charge in [0, 0.05) is 41.8 Å². The van der Waals surface area contributed by atoms with Gasteiger partial charge in [-0.1, -0.05) is 30.0 Å². The maximum Gasteiger partial charge on any atom is 0.173 e. The zero-order chi connectivity index (χ0) is 29.8. The summed E-state index contributed by atoms with van der Waals surface area (Å²) in [6.07, 6.45) is 8.18. The van der Waals surface area contributed by atoms with Gasteiger partial charge in [0.2, 0.25) is 0 Å². The third kappa shape index (κ3) is 6.04. The number of aromatic nitrogens is 6. The van der Waals surface area contributed by atoms with Gasteiger partial charge in [-0.05, 0) is 72.1 Å². The summed E-state index contributed by atoms with van der Waals surface area (Å²) in [5.41, 5.74) is 4.27. The largest absolute Gasteiger partial charge is 0.371 e. The van der Waals surface area contributed by atoms with E-state index in [-0.39, 0.29) is 24.5 Å².